The number of carbonyl (C=O) groups is 3. The van der Waals surface area contributed by atoms with E-state index >= 15 is 0 Å². The molecule has 3 aliphatic heterocycles. The molecular weight excluding hydrogens is 757 g/mol. The van der Waals surface area contributed by atoms with E-state index in [4.69, 9.17) is 18.9 Å². The van der Waals surface area contributed by atoms with Gasteiger partial charge in [-0.05, 0) is 31.4 Å². The molecule has 0 unspecified atom stereocenters. The first-order valence-corrected chi connectivity index (χ1v) is 19.4. The topological polar surface area (TPSA) is 214 Å². The van der Waals surface area contributed by atoms with E-state index in [1.54, 1.807) is 52.0 Å². The van der Waals surface area contributed by atoms with Gasteiger partial charge >= 0.3 is 11.8 Å². The zero-order valence-electron chi connectivity index (χ0n) is 33.3. The number of aliphatic hydroxyl groups is 2. The number of phenols is 3. The maximum absolute atomic E-state index is 14.3. The predicted molar refractivity (Wildman–Crippen MR) is 215 cm³/mol. The highest BCUT2D eigenvalue weighted by molar-refractivity contribution is 7.11. The second kappa shape index (κ2) is 17.1. The number of Topliss-reactive ketones (excluding diaryl/α,β-unsaturated/α-hetero) is 1. The van der Waals surface area contributed by atoms with Crippen LogP contribution in [-0.4, -0.2) is 86.7 Å². The van der Waals surface area contributed by atoms with Gasteiger partial charge in [-0.2, -0.15) is 0 Å². The van der Waals surface area contributed by atoms with Crippen molar-refractivity contribution in [1.29, 1.82) is 0 Å². The fourth-order valence-corrected chi connectivity index (χ4v) is 7.91. The average molecular weight is 807 g/mol. The quantitative estimate of drug-likeness (QED) is 0.0716. The van der Waals surface area contributed by atoms with Gasteiger partial charge in [0, 0.05) is 72.2 Å². The Morgan fingerprint density at radius 2 is 1.68 bits per heavy atom. The number of aliphatic hydroxyl groups excluding tert-OH is 2. The number of esters is 1. The van der Waals surface area contributed by atoms with Crippen molar-refractivity contribution in [3.63, 3.8) is 0 Å². The summed E-state index contributed by atoms with van der Waals surface area (Å²) >= 11 is 1.34. The van der Waals surface area contributed by atoms with Gasteiger partial charge in [0.05, 0.1) is 35.5 Å². The number of aromatic hydroxyl groups is 3. The van der Waals surface area contributed by atoms with E-state index in [1.807, 2.05) is 5.38 Å². The molecule has 3 aromatic rings. The SMILES string of the molecule is CO[C@H]1/C=C/O[C@@]2(C)Oc3c(C)c(O)c4c(O)c(c(N=Cc5cccs5)c(O)c4c3C2=O)NC(=O)/C(C)=C\C=C\[C@@H](C)[C@H](O)[C@@H](C)[C@H](O)[C@@H](C)[C@H](OC(C)=O)[C@@H]1C. The van der Waals surface area contributed by atoms with Crippen molar-refractivity contribution in [3.8, 4) is 23.0 Å². The fourth-order valence-electron chi connectivity index (χ4n) is 7.33. The Balaban J connectivity index is 1.72. The molecule has 14 nitrogen and oxygen atoms in total. The van der Waals surface area contributed by atoms with Gasteiger partial charge in [-0.25, -0.2) is 4.99 Å². The van der Waals surface area contributed by atoms with Crippen molar-refractivity contribution >= 4 is 57.4 Å². The van der Waals surface area contributed by atoms with Crippen LogP contribution in [0.25, 0.3) is 10.8 Å². The van der Waals surface area contributed by atoms with Crippen molar-refractivity contribution in [2.24, 2.45) is 28.7 Å². The third kappa shape index (κ3) is 8.28. The smallest absolute Gasteiger partial charge is 0.312 e. The number of allylic oxidation sites excluding steroid dienone is 2. The molecule has 1 amide bonds. The summed E-state index contributed by atoms with van der Waals surface area (Å²) < 4.78 is 23.5. The third-order valence-corrected chi connectivity index (χ3v) is 11.6. The first-order valence-electron chi connectivity index (χ1n) is 18.5. The number of aliphatic imine (C=N–C) groups is 1. The van der Waals surface area contributed by atoms with E-state index in [1.165, 1.54) is 70.8 Å². The minimum atomic E-state index is -2.05. The van der Waals surface area contributed by atoms with E-state index in [2.05, 4.69) is 10.3 Å². The van der Waals surface area contributed by atoms with Gasteiger partial charge in [-0.1, -0.05) is 52.0 Å². The number of hydrogen-bond donors (Lipinski definition) is 6. The Bertz CT molecular complexity index is 2160. The van der Waals surface area contributed by atoms with E-state index in [-0.39, 0.29) is 44.6 Å². The maximum atomic E-state index is 14.3. The van der Waals surface area contributed by atoms with Crippen LogP contribution in [0.2, 0.25) is 0 Å². The largest absolute Gasteiger partial charge is 0.507 e. The van der Waals surface area contributed by atoms with Gasteiger partial charge < -0.3 is 49.8 Å². The number of benzene rings is 2. The molecule has 0 saturated carbocycles. The number of amides is 1. The highest BCUT2D eigenvalue weighted by atomic mass is 32.1. The number of rotatable bonds is 4. The van der Waals surface area contributed by atoms with Crippen LogP contribution in [0.4, 0.5) is 11.4 Å². The first-order chi connectivity index (χ1) is 26.8. The second-order valence-corrected chi connectivity index (χ2v) is 15.8. The van der Waals surface area contributed by atoms with Gasteiger partial charge in [0.25, 0.3) is 11.7 Å². The molecule has 3 aliphatic rings. The van der Waals surface area contributed by atoms with Crippen LogP contribution >= 0.6 is 11.3 Å². The number of methoxy groups -OCH3 is 1. The third-order valence-electron chi connectivity index (χ3n) is 10.8. The molecule has 0 aliphatic carbocycles. The number of nitrogens with zero attached hydrogens (tertiary/aromatic N) is 1. The van der Waals surface area contributed by atoms with Crippen LogP contribution < -0.4 is 10.1 Å². The maximum Gasteiger partial charge on any atom is 0.312 e. The molecule has 6 N–H and O–H groups in total. The van der Waals surface area contributed by atoms with Gasteiger partial charge in [0.1, 0.15) is 29.0 Å². The molecule has 6 rings (SSSR count). The summed E-state index contributed by atoms with van der Waals surface area (Å²) in [7, 11) is 1.43. The van der Waals surface area contributed by atoms with Crippen LogP contribution in [0.1, 0.15) is 69.3 Å². The molecule has 2 aromatic carbocycles. The van der Waals surface area contributed by atoms with Gasteiger partial charge in [-0.15, -0.1) is 11.3 Å². The summed E-state index contributed by atoms with van der Waals surface area (Å²) in [6.45, 7) is 12.5. The van der Waals surface area contributed by atoms with E-state index in [0.717, 1.165) is 0 Å². The normalized spacial score (nSPS) is 30.8. The Morgan fingerprint density at radius 1 is 0.982 bits per heavy atom. The summed E-state index contributed by atoms with van der Waals surface area (Å²) in [5.74, 6) is -8.55. The Morgan fingerprint density at radius 3 is 2.32 bits per heavy atom. The van der Waals surface area contributed by atoms with Crippen molar-refractivity contribution in [2.75, 3.05) is 12.4 Å². The number of anilines is 1. The van der Waals surface area contributed by atoms with Gasteiger partial charge in [-0.3, -0.25) is 14.4 Å². The lowest BCUT2D eigenvalue weighted by Crippen LogP contribution is -2.46. The molecule has 5 bridgehead atoms. The van der Waals surface area contributed by atoms with Crippen molar-refractivity contribution in [3.05, 3.63) is 69.7 Å². The Labute approximate surface area is 334 Å². The Hall–Kier alpha value is -5.22. The molecule has 57 heavy (non-hydrogen) atoms. The standard InChI is InChI=1S/C42H50N2O12S/c1-19-12-10-13-20(2)41(52)44-32-31(43-18-26-14-11-17-57-26)36(49)28-29(37(32)50)35(48)24(6)39-30(28)40(51)42(8,56-39)54-16-15-27(53-9)21(3)38(55-25(7)45)23(5)34(47)22(4)33(19)46/h10-19,21-23,27,33-34,38,46-50H,1-9H3,(H,44,52)/b12-10+,16-15+,20-13-,43-18?/t19-,21-,22-,23-,27+,33+,34+,38-,42+/m1/s1. The number of thiophene rings is 1. The monoisotopic (exact) mass is 806 g/mol. The molecule has 0 fully saturated rings. The highest BCUT2D eigenvalue weighted by Gasteiger charge is 2.50. The summed E-state index contributed by atoms with van der Waals surface area (Å²) in [6.07, 6.45) is 4.91. The molecule has 15 heteroatoms. The molecule has 0 radical (unpaired) electrons. The fraction of sp³-hybridized carbons (Fsp3) is 0.429. The molecule has 306 valence electrons. The predicted octanol–water partition coefficient (Wildman–Crippen LogP) is 6.57. The second-order valence-electron chi connectivity index (χ2n) is 14.8. The van der Waals surface area contributed by atoms with Crippen LogP contribution in [0, 0.1) is 30.6 Å². The van der Waals surface area contributed by atoms with Crippen LogP contribution in [0.5, 0.6) is 23.0 Å². The zero-order chi connectivity index (χ0) is 42.1. The van der Waals surface area contributed by atoms with Crippen molar-refractivity contribution in [1.82, 2.24) is 0 Å². The molecule has 0 spiro atoms. The lowest BCUT2D eigenvalue weighted by atomic mass is 9.78. The summed E-state index contributed by atoms with van der Waals surface area (Å²) in [6, 6.07) is 3.55. The van der Waals surface area contributed by atoms with Gasteiger partial charge in [0.15, 0.2) is 11.5 Å². The van der Waals surface area contributed by atoms with Gasteiger partial charge in [0.2, 0.25) is 0 Å². The number of hydrogen-bond acceptors (Lipinski definition) is 14. The number of ether oxygens (including phenoxy) is 4. The molecule has 4 heterocycles. The lowest BCUT2D eigenvalue weighted by Gasteiger charge is -2.38. The van der Waals surface area contributed by atoms with Crippen LogP contribution in [0.3, 0.4) is 0 Å². The Kier molecular flexibility index (Phi) is 12.9. The number of fused-ring (bicyclic) bond motifs is 14. The summed E-state index contributed by atoms with van der Waals surface area (Å²) in [5, 5.41) is 61.9. The first kappa shape index (κ1) is 42.9. The van der Waals surface area contributed by atoms with E-state index in [0.29, 0.717) is 4.88 Å². The molecule has 1 aromatic heterocycles. The highest BCUT2D eigenvalue weighted by Crippen LogP contribution is 2.57. The summed E-state index contributed by atoms with van der Waals surface area (Å²) in [5.41, 5.74) is -0.642. The number of phenolic OH excluding ortho intramolecular Hbond substituents is 3. The molecule has 0 saturated heterocycles. The van der Waals surface area contributed by atoms with E-state index in [9.17, 15) is 39.9 Å². The average Bonchev–Trinajstić information content (AvgIpc) is 3.79. The van der Waals surface area contributed by atoms with Crippen LogP contribution in [0.15, 0.2) is 58.6 Å². The number of ketones is 1. The van der Waals surface area contributed by atoms with E-state index < -0.39 is 88.8 Å². The molecular formula is C42H50N2O12S. The minimum absolute atomic E-state index is 0.0430. The van der Waals surface area contributed by atoms with Crippen LogP contribution in [-0.2, 0) is 23.8 Å². The number of nitrogens with one attached hydrogen (secondary N) is 1. The van der Waals surface area contributed by atoms with Crippen molar-refractivity contribution in [2.45, 2.75) is 85.6 Å². The number of carbonyl (C=O) groups excluding carboxylic acids is 3. The summed E-state index contributed by atoms with van der Waals surface area (Å²) in [4.78, 5) is 45.4. The molecule has 9 atom stereocenters. The van der Waals surface area contributed by atoms with Crippen molar-refractivity contribution < 1.29 is 58.9 Å². The zero-order valence-corrected chi connectivity index (χ0v) is 34.1. The lowest BCUT2D eigenvalue weighted by molar-refractivity contribution is -0.160. The minimum Gasteiger partial charge on any atom is -0.507 e.